The van der Waals surface area contributed by atoms with Gasteiger partial charge in [0.15, 0.2) is 0 Å². The lowest BCUT2D eigenvalue weighted by Gasteiger charge is -2.32. The van der Waals surface area contributed by atoms with Gasteiger partial charge in [0.2, 0.25) is 0 Å². The molecule has 0 radical (unpaired) electrons. The van der Waals surface area contributed by atoms with Gasteiger partial charge in [-0.2, -0.15) is 5.10 Å². The van der Waals surface area contributed by atoms with E-state index in [1.54, 1.807) is 0 Å². The van der Waals surface area contributed by atoms with E-state index in [1.165, 1.54) is 0 Å². The largest absolute Gasteiger partial charge is 0.337 e. The number of hydrogen-bond donors (Lipinski definition) is 1. The van der Waals surface area contributed by atoms with Gasteiger partial charge < -0.3 is 10.2 Å². The fraction of sp³-hybridized carbons (Fsp3) is 0.733. The zero-order valence-corrected chi connectivity index (χ0v) is 13.1. The molecule has 2 heterocycles. The lowest BCUT2D eigenvalue weighted by Crippen LogP contribution is -2.47. The molecule has 1 unspecified atom stereocenters. The van der Waals surface area contributed by atoms with E-state index in [4.69, 9.17) is 0 Å². The minimum atomic E-state index is 0.141. The van der Waals surface area contributed by atoms with Crippen molar-refractivity contribution in [2.75, 3.05) is 20.1 Å². The molecule has 1 atom stereocenters. The molecule has 0 aliphatic carbocycles. The fourth-order valence-electron chi connectivity index (χ4n) is 2.99. The Morgan fingerprint density at radius 2 is 2.20 bits per heavy atom. The van der Waals surface area contributed by atoms with Gasteiger partial charge in [-0.05, 0) is 40.2 Å². The van der Waals surface area contributed by atoms with Gasteiger partial charge in [-0.1, -0.05) is 6.92 Å². The van der Waals surface area contributed by atoms with Crippen molar-refractivity contribution in [3.8, 4) is 0 Å². The molecule has 1 aliphatic rings. The molecule has 0 spiro atoms. The Bertz CT molecular complexity index is 480. The fourth-order valence-corrected chi connectivity index (χ4v) is 2.99. The highest BCUT2D eigenvalue weighted by Crippen LogP contribution is 2.19. The Morgan fingerprint density at radius 3 is 2.85 bits per heavy atom. The van der Waals surface area contributed by atoms with E-state index in [9.17, 15) is 4.79 Å². The number of piperidine rings is 1. The number of nitrogens with zero attached hydrogens (tertiary/aromatic N) is 3. The number of nitrogens with one attached hydrogen (secondary N) is 1. The average molecular weight is 278 g/mol. The molecule has 1 fully saturated rings. The van der Waals surface area contributed by atoms with Gasteiger partial charge in [-0.25, -0.2) is 0 Å². The first-order chi connectivity index (χ1) is 9.58. The molecule has 2 rings (SSSR count). The summed E-state index contributed by atoms with van der Waals surface area (Å²) in [6, 6.07) is 0.416. The van der Waals surface area contributed by atoms with E-state index in [-0.39, 0.29) is 5.91 Å². The number of likely N-dealkylation sites (tertiary alicyclic amines) is 1. The molecule has 5 heteroatoms. The summed E-state index contributed by atoms with van der Waals surface area (Å²) in [6.07, 6.45) is 3.24. The van der Waals surface area contributed by atoms with Gasteiger partial charge >= 0.3 is 0 Å². The average Bonchev–Trinajstić information content (AvgIpc) is 2.73. The molecule has 0 bridgehead atoms. The monoisotopic (exact) mass is 278 g/mol. The maximum absolute atomic E-state index is 12.8. The summed E-state index contributed by atoms with van der Waals surface area (Å²) >= 11 is 0. The van der Waals surface area contributed by atoms with Crippen LogP contribution in [0, 0.1) is 13.8 Å². The number of rotatable bonds is 4. The number of aromatic nitrogens is 2. The number of likely N-dealkylation sites (N-methyl/N-ethyl adjacent to an activating group) is 1. The second-order valence-corrected chi connectivity index (χ2v) is 5.65. The third-order valence-corrected chi connectivity index (χ3v) is 4.15. The van der Waals surface area contributed by atoms with Crippen LogP contribution >= 0.6 is 0 Å². The Morgan fingerprint density at radius 1 is 1.45 bits per heavy atom. The topological polar surface area (TPSA) is 50.2 Å². The van der Waals surface area contributed by atoms with Crippen molar-refractivity contribution in [1.29, 1.82) is 0 Å². The van der Waals surface area contributed by atoms with Crippen LogP contribution in [0.15, 0.2) is 0 Å². The molecule has 1 aromatic rings. The van der Waals surface area contributed by atoms with E-state index in [0.717, 1.165) is 55.8 Å². The number of carbonyl (C=O) groups is 1. The SMILES string of the molecule is CCCn1nc(C)c(C(=O)N2CCCC(NC)C2)c1C. The minimum absolute atomic E-state index is 0.141. The van der Waals surface area contributed by atoms with Gasteiger partial charge in [0.1, 0.15) is 0 Å². The molecule has 5 nitrogen and oxygen atoms in total. The van der Waals surface area contributed by atoms with E-state index in [2.05, 4.69) is 17.3 Å². The highest BCUT2D eigenvalue weighted by Gasteiger charge is 2.27. The summed E-state index contributed by atoms with van der Waals surface area (Å²) in [5.41, 5.74) is 2.66. The van der Waals surface area contributed by atoms with Crippen LogP contribution < -0.4 is 5.32 Å². The van der Waals surface area contributed by atoms with Crippen LogP contribution in [0.4, 0.5) is 0 Å². The van der Waals surface area contributed by atoms with Crippen LogP contribution in [0.25, 0.3) is 0 Å². The van der Waals surface area contributed by atoms with E-state index in [0.29, 0.717) is 6.04 Å². The molecule has 1 N–H and O–H groups in total. The number of hydrogen-bond acceptors (Lipinski definition) is 3. The highest BCUT2D eigenvalue weighted by molar-refractivity contribution is 5.96. The van der Waals surface area contributed by atoms with Crippen molar-refractivity contribution in [3.05, 3.63) is 17.0 Å². The molecule has 0 aromatic carbocycles. The van der Waals surface area contributed by atoms with E-state index >= 15 is 0 Å². The molecule has 1 amide bonds. The first-order valence-electron chi connectivity index (χ1n) is 7.59. The van der Waals surface area contributed by atoms with Crippen molar-refractivity contribution in [2.45, 2.75) is 52.6 Å². The lowest BCUT2D eigenvalue weighted by atomic mass is 10.0. The van der Waals surface area contributed by atoms with Crippen molar-refractivity contribution in [2.24, 2.45) is 0 Å². The first kappa shape index (κ1) is 15.0. The second kappa shape index (κ2) is 6.39. The second-order valence-electron chi connectivity index (χ2n) is 5.65. The molecule has 112 valence electrons. The summed E-state index contributed by atoms with van der Waals surface area (Å²) in [4.78, 5) is 14.7. The van der Waals surface area contributed by atoms with E-state index in [1.807, 2.05) is 30.5 Å². The van der Waals surface area contributed by atoms with Gasteiger partial charge in [0.05, 0.1) is 11.3 Å². The molecule has 0 saturated carbocycles. The Balaban J connectivity index is 2.20. The summed E-state index contributed by atoms with van der Waals surface area (Å²) in [5, 5.41) is 7.79. The zero-order valence-electron chi connectivity index (χ0n) is 13.1. The van der Waals surface area contributed by atoms with Crippen LogP contribution in [0.2, 0.25) is 0 Å². The molecule has 20 heavy (non-hydrogen) atoms. The Kier molecular flexibility index (Phi) is 4.81. The molecule has 1 saturated heterocycles. The summed E-state index contributed by atoms with van der Waals surface area (Å²) < 4.78 is 1.96. The van der Waals surface area contributed by atoms with Gasteiger partial charge in [0.25, 0.3) is 5.91 Å². The minimum Gasteiger partial charge on any atom is -0.337 e. The van der Waals surface area contributed by atoms with Crippen LogP contribution in [-0.2, 0) is 6.54 Å². The standard InChI is InChI=1S/C15H26N4O/c1-5-8-19-12(3)14(11(2)17-19)15(20)18-9-6-7-13(10-18)16-4/h13,16H,5-10H2,1-4H3. The number of carbonyl (C=O) groups excluding carboxylic acids is 1. The van der Waals surface area contributed by atoms with Gasteiger partial charge in [-0.3, -0.25) is 9.48 Å². The summed E-state index contributed by atoms with van der Waals surface area (Å²) in [6.45, 7) is 8.59. The van der Waals surface area contributed by atoms with Gasteiger partial charge in [0, 0.05) is 31.4 Å². The molecular formula is C15H26N4O. The smallest absolute Gasteiger partial charge is 0.257 e. The van der Waals surface area contributed by atoms with Crippen molar-refractivity contribution >= 4 is 5.91 Å². The van der Waals surface area contributed by atoms with Crippen molar-refractivity contribution in [3.63, 3.8) is 0 Å². The van der Waals surface area contributed by atoms with E-state index < -0.39 is 0 Å². The predicted octanol–water partition coefficient (Wildman–Crippen LogP) is 1.73. The maximum atomic E-state index is 12.8. The molecular weight excluding hydrogens is 252 g/mol. The molecule has 1 aliphatic heterocycles. The normalized spacial score (nSPS) is 19.4. The highest BCUT2D eigenvalue weighted by atomic mass is 16.2. The molecule has 1 aromatic heterocycles. The first-order valence-corrected chi connectivity index (χ1v) is 7.59. The summed E-state index contributed by atoms with van der Waals surface area (Å²) in [5.74, 6) is 0.141. The third kappa shape index (κ3) is 2.87. The zero-order chi connectivity index (χ0) is 14.7. The van der Waals surface area contributed by atoms with Crippen LogP contribution in [-0.4, -0.2) is 46.8 Å². The lowest BCUT2D eigenvalue weighted by molar-refractivity contribution is 0.0696. The third-order valence-electron chi connectivity index (χ3n) is 4.15. The Labute approximate surface area is 121 Å². The predicted molar refractivity (Wildman–Crippen MR) is 80.0 cm³/mol. The summed E-state index contributed by atoms with van der Waals surface area (Å²) in [7, 11) is 1.97. The number of aryl methyl sites for hydroxylation is 2. The van der Waals surface area contributed by atoms with Crippen LogP contribution in [0.1, 0.15) is 47.9 Å². The van der Waals surface area contributed by atoms with Gasteiger partial charge in [-0.15, -0.1) is 0 Å². The Hall–Kier alpha value is -1.36. The van der Waals surface area contributed by atoms with Crippen molar-refractivity contribution < 1.29 is 4.79 Å². The number of amides is 1. The quantitative estimate of drug-likeness (QED) is 0.912. The maximum Gasteiger partial charge on any atom is 0.257 e. The van der Waals surface area contributed by atoms with Crippen molar-refractivity contribution in [1.82, 2.24) is 20.0 Å². The van der Waals surface area contributed by atoms with Crippen LogP contribution in [0.3, 0.4) is 0 Å². The van der Waals surface area contributed by atoms with Crippen LogP contribution in [0.5, 0.6) is 0 Å².